The Morgan fingerprint density at radius 3 is 2.85 bits per heavy atom. The lowest BCUT2D eigenvalue weighted by Crippen LogP contribution is -1.97. The van der Waals surface area contributed by atoms with Crippen molar-refractivity contribution in [2.45, 2.75) is 26.1 Å². The van der Waals surface area contributed by atoms with E-state index >= 15 is 0 Å². The van der Waals surface area contributed by atoms with Crippen molar-refractivity contribution in [3.63, 3.8) is 0 Å². The van der Waals surface area contributed by atoms with Gasteiger partial charge in [-0.15, -0.1) is 11.3 Å². The minimum atomic E-state index is -0.399. The molecule has 1 atom stereocenters. The van der Waals surface area contributed by atoms with E-state index in [-0.39, 0.29) is 0 Å². The molecule has 20 heavy (non-hydrogen) atoms. The Hall–Kier alpha value is -1.85. The van der Waals surface area contributed by atoms with Crippen LogP contribution in [0.1, 0.15) is 30.7 Å². The number of ether oxygens (including phenoxy) is 1. The number of thiazole rings is 1. The van der Waals surface area contributed by atoms with Gasteiger partial charge in [-0.3, -0.25) is 4.40 Å². The molecule has 4 nitrogen and oxygen atoms in total. The number of rotatable bonds is 5. The molecule has 3 rings (SSSR count). The fourth-order valence-electron chi connectivity index (χ4n) is 2.02. The van der Waals surface area contributed by atoms with Gasteiger partial charge >= 0.3 is 0 Å². The van der Waals surface area contributed by atoms with Crippen LogP contribution in [0.5, 0.6) is 5.75 Å². The van der Waals surface area contributed by atoms with Crippen molar-refractivity contribution >= 4 is 16.3 Å². The summed E-state index contributed by atoms with van der Waals surface area (Å²) in [6.45, 7) is 2.41. The fourth-order valence-corrected chi connectivity index (χ4v) is 2.74. The zero-order chi connectivity index (χ0) is 13.9. The number of aliphatic hydroxyl groups is 1. The number of hydrogen-bond donors (Lipinski definition) is 1. The second kappa shape index (κ2) is 5.64. The van der Waals surface area contributed by atoms with Gasteiger partial charge in [0.1, 0.15) is 12.4 Å². The van der Waals surface area contributed by atoms with Crippen LogP contribution in [0.4, 0.5) is 0 Å². The molecule has 0 saturated carbocycles. The number of benzene rings is 1. The number of nitrogens with zero attached hydrogens (tertiary/aromatic N) is 2. The molecule has 0 bridgehead atoms. The lowest BCUT2D eigenvalue weighted by Gasteiger charge is -2.09. The van der Waals surface area contributed by atoms with Gasteiger partial charge in [-0.2, -0.15) is 0 Å². The second-order valence-electron chi connectivity index (χ2n) is 4.61. The van der Waals surface area contributed by atoms with E-state index in [0.717, 1.165) is 22.0 Å². The first-order chi connectivity index (χ1) is 9.76. The van der Waals surface area contributed by atoms with Crippen molar-refractivity contribution in [2.24, 2.45) is 0 Å². The van der Waals surface area contributed by atoms with Crippen LogP contribution >= 0.6 is 11.3 Å². The zero-order valence-electron chi connectivity index (χ0n) is 11.2. The predicted octanol–water partition coefficient (Wildman–Crippen LogP) is 3.42. The Bertz CT molecular complexity index is 659. The number of aliphatic hydroxyl groups excluding tert-OH is 1. The molecule has 2 aromatic heterocycles. The third-order valence-corrected chi connectivity index (χ3v) is 3.95. The lowest BCUT2D eigenvalue weighted by molar-refractivity contribution is 0.173. The number of aromatic nitrogens is 2. The van der Waals surface area contributed by atoms with Crippen LogP contribution in [0.15, 0.2) is 42.0 Å². The van der Waals surface area contributed by atoms with Crippen LogP contribution in [-0.2, 0) is 6.61 Å². The van der Waals surface area contributed by atoms with Crippen LogP contribution in [0.25, 0.3) is 4.96 Å². The smallest absolute Gasteiger partial charge is 0.193 e. The average molecular weight is 288 g/mol. The number of fused-ring (bicyclic) bond motifs is 1. The summed E-state index contributed by atoms with van der Waals surface area (Å²) < 4.78 is 7.70. The molecule has 2 heterocycles. The van der Waals surface area contributed by atoms with Crippen molar-refractivity contribution in [3.05, 3.63) is 53.3 Å². The van der Waals surface area contributed by atoms with Crippen molar-refractivity contribution in [1.82, 2.24) is 9.38 Å². The van der Waals surface area contributed by atoms with E-state index in [4.69, 9.17) is 4.74 Å². The van der Waals surface area contributed by atoms with E-state index in [9.17, 15) is 5.11 Å². The monoisotopic (exact) mass is 288 g/mol. The highest BCUT2D eigenvalue weighted by Gasteiger charge is 2.06. The summed E-state index contributed by atoms with van der Waals surface area (Å²) in [4.78, 5) is 5.44. The molecule has 104 valence electrons. The first kappa shape index (κ1) is 13.1. The maximum atomic E-state index is 9.73. The molecule has 1 N–H and O–H groups in total. The summed E-state index contributed by atoms with van der Waals surface area (Å²) in [6, 6.07) is 7.56. The molecule has 5 heteroatoms. The zero-order valence-corrected chi connectivity index (χ0v) is 12.0. The van der Waals surface area contributed by atoms with Crippen molar-refractivity contribution in [3.8, 4) is 5.75 Å². The molecule has 0 aliphatic heterocycles. The topological polar surface area (TPSA) is 46.8 Å². The van der Waals surface area contributed by atoms with E-state index in [1.807, 2.05) is 53.4 Å². The molecular weight excluding hydrogens is 272 g/mol. The van der Waals surface area contributed by atoms with Gasteiger partial charge in [0.15, 0.2) is 4.96 Å². The maximum Gasteiger partial charge on any atom is 0.193 e. The Labute approximate surface area is 121 Å². The van der Waals surface area contributed by atoms with Crippen LogP contribution in [0.2, 0.25) is 0 Å². The summed E-state index contributed by atoms with van der Waals surface area (Å²) in [6.07, 6.45) is 4.27. The van der Waals surface area contributed by atoms with Crippen molar-refractivity contribution < 1.29 is 9.84 Å². The molecule has 0 spiro atoms. The number of hydrogen-bond acceptors (Lipinski definition) is 4. The van der Waals surface area contributed by atoms with E-state index in [2.05, 4.69) is 4.98 Å². The summed E-state index contributed by atoms with van der Waals surface area (Å²) in [7, 11) is 0. The van der Waals surface area contributed by atoms with Gasteiger partial charge in [-0.25, -0.2) is 4.98 Å². The minimum Gasteiger partial charge on any atom is -0.487 e. The minimum absolute atomic E-state index is 0.399. The molecule has 0 aliphatic rings. The summed E-state index contributed by atoms with van der Waals surface area (Å²) >= 11 is 1.61. The SMILES string of the molecule is CC[C@H](O)c1ccc(OCc2cn3ccsc3n2)cc1. The molecule has 0 amide bonds. The molecular formula is C15H16N2O2S. The van der Waals surface area contributed by atoms with Gasteiger partial charge < -0.3 is 9.84 Å². The van der Waals surface area contributed by atoms with Crippen molar-refractivity contribution in [2.75, 3.05) is 0 Å². The first-order valence-electron chi connectivity index (χ1n) is 6.58. The van der Waals surface area contributed by atoms with Crippen LogP contribution < -0.4 is 4.74 Å². The number of imidazole rings is 1. The van der Waals surface area contributed by atoms with Gasteiger partial charge in [0.2, 0.25) is 0 Å². The predicted molar refractivity (Wildman–Crippen MR) is 79.1 cm³/mol. The van der Waals surface area contributed by atoms with Crippen molar-refractivity contribution in [1.29, 1.82) is 0 Å². The molecule has 1 aromatic carbocycles. The molecule has 0 saturated heterocycles. The van der Waals surface area contributed by atoms with Gasteiger partial charge in [0.05, 0.1) is 11.8 Å². The fraction of sp³-hybridized carbons (Fsp3) is 0.267. The van der Waals surface area contributed by atoms with E-state index in [1.54, 1.807) is 11.3 Å². The van der Waals surface area contributed by atoms with Gasteiger partial charge in [0.25, 0.3) is 0 Å². The second-order valence-corrected chi connectivity index (χ2v) is 5.48. The van der Waals surface area contributed by atoms with Gasteiger partial charge in [0, 0.05) is 17.8 Å². The van der Waals surface area contributed by atoms with Crippen LogP contribution in [0.3, 0.4) is 0 Å². The average Bonchev–Trinajstić information content (AvgIpc) is 3.06. The lowest BCUT2D eigenvalue weighted by atomic mass is 10.1. The van der Waals surface area contributed by atoms with Gasteiger partial charge in [-0.1, -0.05) is 19.1 Å². The molecule has 0 radical (unpaired) electrons. The van der Waals surface area contributed by atoms with Crippen LogP contribution in [0, 0.1) is 0 Å². The maximum absolute atomic E-state index is 9.73. The summed E-state index contributed by atoms with van der Waals surface area (Å²) in [5.74, 6) is 0.786. The quantitative estimate of drug-likeness (QED) is 0.782. The summed E-state index contributed by atoms with van der Waals surface area (Å²) in [5, 5.41) is 11.7. The highest BCUT2D eigenvalue weighted by Crippen LogP contribution is 2.20. The Morgan fingerprint density at radius 2 is 2.15 bits per heavy atom. The van der Waals surface area contributed by atoms with Gasteiger partial charge in [-0.05, 0) is 24.1 Å². The third kappa shape index (κ3) is 2.69. The first-order valence-corrected chi connectivity index (χ1v) is 7.46. The Kier molecular flexibility index (Phi) is 3.71. The molecule has 3 aromatic rings. The Balaban J connectivity index is 1.64. The highest BCUT2D eigenvalue weighted by molar-refractivity contribution is 7.15. The summed E-state index contributed by atoms with van der Waals surface area (Å²) in [5.41, 5.74) is 1.83. The Morgan fingerprint density at radius 1 is 1.35 bits per heavy atom. The van der Waals surface area contributed by atoms with Crippen LogP contribution in [-0.4, -0.2) is 14.5 Å². The third-order valence-electron chi connectivity index (χ3n) is 3.18. The van der Waals surface area contributed by atoms with E-state index in [1.165, 1.54) is 0 Å². The highest BCUT2D eigenvalue weighted by atomic mass is 32.1. The molecule has 0 fully saturated rings. The van der Waals surface area contributed by atoms with E-state index < -0.39 is 6.10 Å². The molecule has 0 unspecified atom stereocenters. The standard InChI is InChI=1S/C15H16N2O2S/c1-2-14(18)11-3-5-13(6-4-11)19-10-12-9-17-7-8-20-15(17)16-12/h3-9,14,18H,2,10H2,1H3/t14-/m0/s1. The largest absolute Gasteiger partial charge is 0.487 e. The normalized spacial score (nSPS) is 12.7. The van der Waals surface area contributed by atoms with E-state index in [0.29, 0.717) is 13.0 Å². The molecule has 0 aliphatic carbocycles.